The third-order valence-corrected chi connectivity index (χ3v) is 3.68. The first kappa shape index (κ1) is 14.3. The molecule has 0 heterocycles. The highest BCUT2D eigenvalue weighted by Gasteiger charge is 2.03. The summed E-state index contributed by atoms with van der Waals surface area (Å²) in [6, 6.07) is 16.0. The molecule has 0 amide bonds. The van der Waals surface area contributed by atoms with Gasteiger partial charge in [-0.15, -0.1) is 11.8 Å². The minimum Gasteiger partial charge on any atom is -0.495 e. The van der Waals surface area contributed by atoms with Gasteiger partial charge in [-0.2, -0.15) is 5.26 Å². The first-order chi connectivity index (χ1) is 9.76. The topological polar surface area (TPSA) is 45.0 Å². The lowest BCUT2D eigenvalue weighted by molar-refractivity contribution is 0.413. The van der Waals surface area contributed by atoms with Gasteiger partial charge < -0.3 is 10.1 Å². The molecule has 0 aromatic heterocycles. The predicted octanol–water partition coefficient (Wildman–Crippen LogP) is 3.90. The standard InChI is InChI=1S/C16H16N2OS/c1-19-16-7-6-12(8-13(16)10-17)11-18-14-4-3-5-15(9-14)20-2/h3-9,18H,11H2,1-2H3. The largest absolute Gasteiger partial charge is 0.495 e. The maximum atomic E-state index is 9.07. The summed E-state index contributed by atoms with van der Waals surface area (Å²) >= 11 is 1.72. The summed E-state index contributed by atoms with van der Waals surface area (Å²) in [7, 11) is 1.57. The summed E-state index contributed by atoms with van der Waals surface area (Å²) in [4.78, 5) is 1.22. The Bertz CT molecular complexity index is 635. The molecule has 0 bridgehead atoms. The summed E-state index contributed by atoms with van der Waals surface area (Å²) in [5.74, 6) is 0.612. The molecule has 3 nitrogen and oxygen atoms in total. The van der Waals surface area contributed by atoms with Crippen LogP contribution in [0.5, 0.6) is 5.75 Å². The molecule has 0 aliphatic rings. The Balaban J connectivity index is 2.09. The van der Waals surface area contributed by atoms with Crippen LogP contribution in [0.25, 0.3) is 0 Å². The van der Waals surface area contributed by atoms with Crippen molar-refractivity contribution < 1.29 is 4.74 Å². The van der Waals surface area contributed by atoms with Gasteiger partial charge in [0.05, 0.1) is 12.7 Å². The molecule has 2 aromatic rings. The Hall–Kier alpha value is -2.12. The minimum absolute atomic E-state index is 0.560. The molecule has 20 heavy (non-hydrogen) atoms. The van der Waals surface area contributed by atoms with Crippen LogP contribution in [0, 0.1) is 11.3 Å². The number of thioether (sulfide) groups is 1. The number of nitrogens with zero attached hydrogens (tertiary/aromatic N) is 1. The molecule has 4 heteroatoms. The highest BCUT2D eigenvalue weighted by Crippen LogP contribution is 2.21. The van der Waals surface area contributed by atoms with E-state index in [2.05, 4.69) is 29.8 Å². The number of ether oxygens (including phenoxy) is 1. The second-order valence-corrected chi connectivity index (χ2v) is 5.11. The first-order valence-corrected chi connectivity index (χ1v) is 7.44. The number of anilines is 1. The number of benzene rings is 2. The third-order valence-electron chi connectivity index (χ3n) is 2.95. The van der Waals surface area contributed by atoms with E-state index < -0.39 is 0 Å². The number of hydrogen-bond acceptors (Lipinski definition) is 4. The van der Waals surface area contributed by atoms with Gasteiger partial charge >= 0.3 is 0 Å². The summed E-state index contributed by atoms with van der Waals surface area (Å²) in [5.41, 5.74) is 2.69. The SMILES string of the molecule is COc1ccc(CNc2cccc(SC)c2)cc1C#N. The molecule has 0 spiro atoms. The first-order valence-electron chi connectivity index (χ1n) is 6.21. The van der Waals surface area contributed by atoms with Crippen molar-refractivity contribution in [1.82, 2.24) is 0 Å². The minimum atomic E-state index is 0.560. The van der Waals surface area contributed by atoms with Gasteiger partial charge in [0.1, 0.15) is 11.8 Å². The van der Waals surface area contributed by atoms with Crippen LogP contribution in [0.1, 0.15) is 11.1 Å². The summed E-state index contributed by atoms with van der Waals surface area (Å²) in [6.07, 6.45) is 2.06. The van der Waals surface area contributed by atoms with Crippen molar-refractivity contribution in [1.29, 1.82) is 5.26 Å². The van der Waals surface area contributed by atoms with Crippen molar-refractivity contribution in [2.24, 2.45) is 0 Å². The summed E-state index contributed by atoms with van der Waals surface area (Å²) < 4.78 is 5.14. The average Bonchev–Trinajstić information content (AvgIpc) is 2.52. The number of rotatable bonds is 5. The normalized spacial score (nSPS) is 9.85. The van der Waals surface area contributed by atoms with Gasteiger partial charge in [-0.3, -0.25) is 0 Å². The number of methoxy groups -OCH3 is 1. The fraction of sp³-hybridized carbons (Fsp3) is 0.188. The van der Waals surface area contributed by atoms with Crippen LogP contribution in [0.4, 0.5) is 5.69 Å². The van der Waals surface area contributed by atoms with Crippen LogP contribution in [0.3, 0.4) is 0 Å². The molecule has 0 saturated carbocycles. The second-order valence-electron chi connectivity index (χ2n) is 4.23. The maximum absolute atomic E-state index is 9.07. The Morgan fingerprint density at radius 1 is 1.25 bits per heavy atom. The zero-order chi connectivity index (χ0) is 14.4. The van der Waals surface area contributed by atoms with E-state index in [4.69, 9.17) is 10.00 Å². The summed E-state index contributed by atoms with van der Waals surface area (Å²) in [6.45, 7) is 0.677. The van der Waals surface area contributed by atoms with Crippen molar-refractivity contribution in [3.05, 3.63) is 53.6 Å². The van der Waals surface area contributed by atoms with Gasteiger partial charge in [0.2, 0.25) is 0 Å². The number of nitrogens with one attached hydrogen (secondary N) is 1. The molecule has 2 rings (SSSR count). The lowest BCUT2D eigenvalue weighted by atomic mass is 10.1. The van der Waals surface area contributed by atoms with Crippen molar-refractivity contribution in [3.63, 3.8) is 0 Å². The van der Waals surface area contributed by atoms with E-state index in [-0.39, 0.29) is 0 Å². The molecule has 0 atom stereocenters. The highest BCUT2D eigenvalue weighted by atomic mass is 32.2. The zero-order valence-electron chi connectivity index (χ0n) is 11.5. The molecule has 0 radical (unpaired) electrons. The molecule has 102 valence electrons. The van der Waals surface area contributed by atoms with Gasteiger partial charge in [-0.25, -0.2) is 0 Å². The van der Waals surface area contributed by atoms with Crippen LogP contribution in [-0.4, -0.2) is 13.4 Å². The Labute approximate surface area is 123 Å². The van der Waals surface area contributed by atoms with Gasteiger partial charge in [0.25, 0.3) is 0 Å². The van der Waals surface area contributed by atoms with Crippen LogP contribution in [0.2, 0.25) is 0 Å². The molecule has 0 saturated heterocycles. The smallest absolute Gasteiger partial charge is 0.136 e. The molecule has 0 aliphatic heterocycles. The monoisotopic (exact) mass is 284 g/mol. The van der Waals surface area contributed by atoms with E-state index >= 15 is 0 Å². The van der Waals surface area contributed by atoms with Crippen LogP contribution in [-0.2, 0) is 6.54 Å². The van der Waals surface area contributed by atoms with Gasteiger partial charge in [0, 0.05) is 17.1 Å². The second kappa shape index (κ2) is 6.88. The quantitative estimate of drug-likeness (QED) is 0.846. The predicted molar refractivity (Wildman–Crippen MR) is 83.3 cm³/mol. The molecule has 0 fully saturated rings. The Morgan fingerprint density at radius 3 is 2.80 bits per heavy atom. The van der Waals surface area contributed by atoms with E-state index in [1.807, 2.05) is 30.3 Å². The number of hydrogen-bond donors (Lipinski definition) is 1. The lowest BCUT2D eigenvalue weighted by Gasteiger charge is -2.09. The van der Waals surface area contributed by atoms with E-state index in [1.54, 1.807) is 18.9 Å². The number of nitriles is 1. The Morgan fingerprint density at radius 2 is 2.10 bits per heavy atom. The average molecular weight is 284 g/mol. The molecule has 0 aliphatic carbocycles. The van der Waals surface area contributed by atoms with Crippen LogP contribution < -0.4 is 10.1 Å². The van der Waals surface area contributed by atoms with Gasteiger partial charge in [0.15, 0.2) is 0 Å². The highest BCUT2D eigenvalue weighted by molar-refractivity contribution is 7.98. The van der Waals surface area contributed by atoms with Crippen molar-refractivity contribution >= 4 is 17.4 Å². The molecular formula is C16H16N2OS. The molecule has 1 N–H and O–H groups in total. The van der Waals surface area contributed by atoms with Crippen molar-refractivity contribution in [2.75, 3.05) is 18.7 Å². The zero-order valence-corrected chi connectivity index (χ0v) is 12.3. The fourth-order valence-corrected chi connectivity index (χ4v) is 2.35. The summed E-state index contributed by atoms with van der Waals surface area (Å²) in [5, 5.41) is 12.4. The molecule has 0 unspecified atom stereocenters. The van der Waals surface area contributed by atoms with E-state index in [0.717, 1.165) is 11.3 Å². The van der Waals surface area contributed by atoms with Crippen LogP contribution in [0.15, 0.2) is 47.4 Å². The van der Waals surface area contributed by atoms with Crippen LogP contribution >= 0.6 is 11.8 Å². The maximum Gasteiger partial charge on any atom is 0.136 e. The Kier molecular flexibility index (Phi) is 4.91. The molecule has 2 aromatic carbocycles. The lowest BCUT2D eigenvalue weighted by Crippen LogP contribution is -2.00. The van der Waals surface area contributed by atoms with Crippen molar-refractivity contribution in [2.45, 2.75) is 11.4 Å². The van der Waals surface area contributed by atoms with Gasteiger partial charge in [-0.05, 0) is 42.2 Å². The van der Waals surface area contributed by atoms with Crippen molar-refractivity contribution in [3.8, 4) is 11.8 Å². The van der Waals surface area contributed by atoms with E-state index in [1.165, 1.54) is 4.90 Å². The van der Waals surface area contributed by atoms with E-state index in [0.29, 0.717) is 17.9 Å². The molecular weight excluding hydrogens is 268 g/mol. The van der Waals surface area contributed by atoms with Gasteiger partial charge in [-0.1, -0.05) is 12.1 Å². The fourth-order valence-electron chi connectivity index (χ4n) is 1.89. The van der Waals surface area contributed by atoms with E-state index in [9.17, 15) is 0 Å². The third kappa shape index (κ3) is 3.46.